The highest BCUT2D eigenvalue weighted by molar-refractivity contribution is 9.10. The molecule has 2 aromatic heterocycles. The largest absolute Gasteiger partial charge is 0.503 e. The summed E-state index contributed by atoms with van der Waals surface area (Å²) < 4.78 is 11.4. The Balaban J connectivity index is 1.87. The average molecular weight is 443 g/mol. The first-order chi connectivity index (χ1) is 13.4. The molecule has 1 unspecified atom stereocenters. The highest BCUT2D eigenvalue weighted by Crippen LogP contribution is 2.42. The lowest BCUT2D eigenvalue weighted by Gasteiger charge is -2.24. The van der Waals surface area contributed by atoms with E-state index in [1.165, 1.54) is 11.0 Å². The Bertz CT molecular complexity index is 1110. The van der Waals surface area contributed by atoms with E-state index in [1.54, 1.807) is 50.2 Å². The molecule has 0 aliphatic carbocycles. The monoisotopic (exact) mass is 442 g/mol. The lowest BCUT2D eigenvalue weighted by molar-refractivity contribution is -0.117. The molecule has 7 nitrogen and oxygen atoms in total. The number of Topliss-reactive ketones (excluding diaryl/α,β-unsaturated/α-hetero) is 1. The molecule has 0 saturated heterocycles. The van der Waals surface area contributed by atoms with Crippen LogP contribution in [0.5, 0.6) is 0 Å². The van der Waals surface area contributed by atoms with Crippen molar-refractivity contribution in [2.75, 3.05) is 4.90 Å². The molecule has 28 heavy (non-hydrogen) atoms. The SMILES string of the molecule is Cc1cc(N2C(=O)C(O)=C(C(=O)c3ccc(C)o3)C2c2ccc(Br)cc2)no1. The van der Waals surface area contributed by atoms with Crippen molar-refractivity contribution in [2.45, 2.75) is 19.9 Å². The van der Waals surface area contributed by atoms with Crippen LogP contribution in [0.1, 0.15) is 33.7 Å². The van der Waals surface area contributed by atoms with Crippen molar-refractivity contribution in [3.05, 3.63) is 81.1 Å². The fraction of sp³-hybridized carbons (Fsp3) is 0.150. The number of aliphatic hydroxyl groups excluding tert-OH is 1. The zero-order valence-corrected chi connectivity index (χ0v) is 16.6. The third-order valence-electron chi connectivity index (χ3n) is 4.47. The molecule has 1 aliphatic rings. The van der Waals surface area contributed by atoms with Gasteiger partial charge < -0.3 is 14.0 Å². The maximum Gasteiger partial charge on any atom is 0.295 e. The summed E-state index contributed by atoms with van der Waals surface area (Å²) in [5.41, 5.74) is 0.565. The van der Waals surface area contributed by atoms with Crippen molar-refractivity contribution in [2.24, 2.45) is 0 Å². The highest BCUT2D eigenvalue weighted by atomic mass is 79.9. The molecule has 0 bridgehead atoms. The van der Waals surface area contributed by atoms with Gasteiger partial charge in [-0.3, -0.25) is 14.5 Å². The number of carbonyl (C=O) groups is 2. The van der Waals surface area contributed by atoms with E-state index < -0.39 is 23.5 Å². The van der Waals surface area contributed by atoms with Gasteiger partial charge in [0.05, 0.1) is 11.6 Å². The number of nitrogens with zero attached hydrogens (tertiary/aromatic N) is 2. The second kappa shape index (κ2) is 6.79. The van der Waals surface area contributed by atoms with Crippen molar-refractivity contribution < 1.29 is 23.6 Å². The van der Waals surface area contributed by atoms with Gasteiger partial charge in [-0.25, -0.2) is 0 Å². The summed E-state index contributed by atoms with van der Waals surface area (Å²) in [6, 6.07) is 11.0. The van der Waals surface area contributed by atoms with E-state index in [-0.39, 0.29) is 17.2 Å². The van der Waals surface area contributed by atoms with Crippen LogP contribution in [0.4, 0.5) is 5.82 Å². The van der Waals surface area contributed by atoms with Crippen LogP contribution in [0.2, 0.25) is 0 Å². The van der Waals surface area contributed by atoms with E-state index in [0.717, 1.165) is 4.47 Å². The molecule has 0 saturated carbocycles. The molecular formula is C20H15BrN2O5. The van der Waals surface area contributed by atoms with Gasteiger partial charge in [0, 0.05) is 10.5 Å². The molecular weight excluding hydrogens is 428 g/mol. The van der Waals surface area contributed by atoms with Crippen LogP contribution in [-0.2, 0) is 4.79 Å². The predicted octanol–water partition coefficient (Wildman–Crippen LogP) is 4.43. The molecule has 0 spiro atoms. The molecule has 0 radical (unpaired) electrons. The van der Waals surface area contributed by atoms with Gasteiger partial charge >= 0.3 is 0 Å². The van der Waals surface area contributed by atoms with Crippen LogP contribution < -0.4 is 4.90 Å². The summed E-state index contributed by atoms with van der Waals surface area (Å²) >= 11 is 3.37. The lowest BCUT2D eigenvalue weighted by atomic mass is 9.95. The Hall–Kier alpha value is -3.13. The number of rotatable bonds is 4. The number of aliphatic hydroxyl groups is 1. The Kier molecular flexibility index (Phi) is 4.43. The van der Waals surface area contributed by atoms with E-state index in [1.807, 2.05) is 0 Å². The van der Waals surface area contributed by atoms with E-state index >= 15 is 0 Å². The minimum Gasteiger partial charge on any atom is -0.503 e. The van der Waals surface area contributed by atoms with Crippen molar-refractivity contribution in [1.29, 1.82) is 0 Å². The first-order valence-electron chi connectivity index (χ1n) is 8.43. The molecule has 8 heteroatoms. The van der Waals surface area contributed by atoms with Gasteiger partial charge in [0.25, 0.3) is 5.91 Å². The van der Waals surface area contributed by atoms with Gasteiger partial charge in [0.15, 0.2) is 17.3 Å². The standard InChI is InChI=1S/C20H15BrN2O5/c1-10-3-8-14(27-10)18(24)16-17(12-4-6-13(21)7-5-12)23(20(26)19(16)25)15-9-11(2)28-22-15/h3-9,17,25H,1-2H3. The molecule has 1 aliphatic heterocycles. The summed E-state index contributed by atoms with van der Waals surface area (Å²) in [4.78, 5) is 27.2. The average Bonchev–Trinajstić information content (AvgIpc) is 3.35. The van der Waals surface area contributed by atoms with Crippen LogP contribution in [0.25, 0.3) is 0 Å². The van der Waals surface area contributed by atoms with Crippen LogP contribution >= 0.6 is 15.9 Å². The third-order valence-corrected chi connectivity index (χ3v) is 4.99. The van der Waals surface area contributed by atoms with Gasteiger partial charge in [0.2, 0.25) is 5.78 Å². The number of benzene rings is 1. The van der Waals surface area contributed by atoms with Crippen molar-refractivity contribution >= 4 is 33.4 Å². The summed E-state index contributed by atoms with van der Waals surface area (Å²) in [7, 11) is 0. The Labute approximate surface area is 168 Å². The number of amides is 1. The smallest absolute Gasteiger partial charge is 0.295 e. The number of ketones is 1. The van der Waals surface area contributed by atoms with Gasteiger partial charge in [0.1, 0.15) is 11.5 Å². The molecule has 1 atom stereocenters. The first kappa shape index (κ1) is 18.2. The van der Waals surface area contributed by atoms with Crippen molar-refractivity contribution in [3.63, 3.8) is 0 Å². The van der Waals surface area contributed by atoms with E-state index in [0.29, 0.717) is 17.1 Å². The third kappa shape index (κ3) is 2.95. The van der Waals surface area contributed by atoms with Crippen molar-refractivity contribution in [3.8, 4) is 0 Å². The van der Waals surface area contributed by atoms with E-state index in [9.17, 15) is 14.7 Å². The molecule has 142 valence electrons. The second-order valence-corrected chi connectivity index (χ2v) is 7.34. The molecule has 3 heterocycles. The maximum absolute atomic E-state index is 13.1. The number of aromatic nitrogens is 1. The predicted molar refractivity (Wildman–Crippen MR) is 103 cm³/mol. The molecule has 4 rings (SSSR count). The number of aryl methyl sites for hydroxylation is 2. The van der Waals surface area contributed by atoms with E-state index in [2.05, 4.69) is 21.1 Å². The van der Waals surface area contributed by atoms with Crippen LogP contribution in [0, 0.1) is 13.8 Å². The highest BCUT2D eigenvalue weighted by Gasteiger charge is 2.46. The first-order valence-corrected chi connectivity index (χ1v) is 9.22. The second-order valence-electron chi connectivity index (χ2n) is 6.43. The lowest BCUT2D eigenvalue weighted by Crippen LogP contribution is -2.31. The number of halogens is 1. The van der Waals surface area contributed by atoms with E-state index in [4.69, 9.17) is 8.94 Å². The molecule has 3 aromatic rings. The van der Waals surface area contributed by atoms with Crippen LogP contribution in [0.3, 0.4) is 0 Å². The number of anilines is 1. The normalized spacial score (nSPS) is 16.9. The molecule has 1 N–H and O–H groups in total. The fourth-order valence-electron chi connectivity index (χ4n) is 3.19. The van der Waals surface area contributed by atoms with Gasteiger partial charge in [-0.1, -0.05) is 33.2 Å². The summed E-state index contributed by atoms with van der Waals surface area (Å²) in [6.07, 6.45) is 0. The minimum atomic E-state index is -0.872. The van der Waals surface area contributed by atoms with Gasteiger partial charge in [-0.05, 0) is 43.7 Å². The van der Waals surface area contributed by atoms with Gasteiger partial charge in [-0.15, -0.1) is 0 Å². The molecule has 0 fully saturated rings. The summed E-state index contributed by atoms with van der Waals surface area (Å²) in [5, 5.41) is 14.5. The maximum atomic E-state index is 13.1. The van der Waals surface area contributed by atoms with Crippen LogP contribution in [-0.4, -0.2) is 22.0 Å². The topological polar surface area (TPSA) is 96.8 Å². The Morgan fingerprint density at radius 2 is 1.86 bits per heavy atom. The zero-order chi connectivity index (χ0) is 20.0. The summed E-state index contributed by atoms with van der Waals surface area (Å²) in [6.45, 7) is 3.40. The molecule has 1 aromatic carbocycles. The number of hydrogen-bond acceptors (Lipinski definition) is 6. The minimum absolute atomic E-state index is 0.0483. The zero-order valence-electron chi connectivity index (χ0n) is 15.0. The fourth-order valence-corrected chi connectivity index (χ4v) is 3.45. The Morgan fingerprint density at radius 3 is 2.43 bits per heavy atom. The number of carbonyl (C=O) groups excluding carboxylic acids is 2. The summed E-state index contributed by atoms with van der Waals surface area (Å²) in [5.74, 6) is -0.613. The van der Waals surface area contributed by atoms with Gasteiger partial charge in [-0.2, -0.15) is 0 Å². The number of hydrogen-bond donors (Lipinski definition) is 1. The molecule has 1 amide bonds. The number of furan rings is 1. The van der Waals surface area contributed by atoms with Crippen molar-refractivity contribution in [1.82, 2.24) is 5.16 Å². The van der Waals surface area contributed by atoms with Crippen LogP contribution in [0.15, 0.2) is 67.2 Å². The quantitative estimate of drug-likeness (QED) is 0.600. The Morgan fingerprint density at radius 1 is 1.14 bits per heavy atom.